The summed E-state index contributed by atoms with van der Waals surface area (Å²) in [5.74, 6) is 1.12. The van der Waals surface area contributed by atoms with Crippen molar-refractivity contribution in [2.24, 2.45) is 17.3 Å². The zero-order valence-corrected chi connectivity index (χ0v) is 24.2. The van der Waals surface area contributed by atoms with E-state index >= 15 is 0 Å². The lowest BCUT2D eigenvalue weighted by Crippen LogP contribution is -2.20. The van der Waals surface area contributed by atoms with Crippen molar-refractivity contribution in [2.45, 2.75) is 111 Å². The van der Waals surface area contributed by atoms with Gasteiger partial charge in [0.1, 0.15) is 0 Å². The minimum absolute atomic E-state index is 0.0911. The van der Waals surface area contributed by atoms with Gasteiger partial charge in [-0.15, -0.1) is 0 Å². The van der Waals surface area contributed by atoms with Crippen LogP contribution >= 0.6 is 15.6 Å². The fourth-order valence-electron chi connectivity index (χ4n) is 4.77. The van der Waals surface area contributed by atoms with Gasteiger partial charge in [-0.25, -0.2) is 9.13 Å². The third kappa shape index (κ3) is 19.9. The fraction of sp³-hybridized carbons (Fsp3) is 1.00. The summed E-state index contributed by atoms with van der Waals surface area (Å²) < 4.78 is 36.7. The van der Waals surface area contributed by atoms with Crippen molar-refractivity contribution < 1.29 is 42.5 Å². The quantitative estimate of drug-likeness (QED) is 0.0778. The summed E-state index contributed by atoms with van der Waals surface area (Å²) in [5.41, 5.74) is 0.192. The topological polar surface area (TPSA) is 143 Å². The van der Waals surface area contributed by atoms with E-state index in [1.165, 1.54) is 0 Å². The van der Waals surface area contributed by atoms with E-state index in [2.05, 4.69) is 36.7 Å². The maximum atomic E-state index is 10.8. The summed E-state index contributed by atoms with van der Waals surface area (Å²) in [6.07, 6.45) is 12.7. The van der Waals surface area contributed by atoms with Gasteiger partial charge in [0.2, 0.25) is 0 Å². The minimum atomic E-state index is -4.38. The minimum Gasteiger partial charge on any atom is -0.381 e. The summed E-state index contributed by atoms with van der Waals surface area (Å²) in [6, 6.07) is 0. The van der Waals surface area contributed by atoms with Crippen molar-refractivity contribution in [1.29, 1.82) is 0 Å². The van der Waals surface area contributed by atoms with Gasteiger partial charge >= 0.3 is 15.6 Å². The average molecular weight is 547 g/mol. The van der Waals surface area contributed by atoms with Crippen LogP contribution in [0.15, 0.2) is 0 Å². The molecule has 0 aromatic rings. The Bertz CT molecular complexity index is 602. The Labute approximate surface area is 213 Å². The van der Waals surface area contributed by atoms with E-state index in [1.54, 1.807) is 0 Å². The molecule has 9 nitrogen and oxygen atoms in total. The summed E-state index contributed by atoms with van der Waals surface area (Å²) in [7, 11) is -8.75. The Hall–Kier alpha value is 0.180. The zero-order valence-electron chi connectivity index (χ0n) is 22.4. The standard InChI is InChI=1S/C24H52O9P2/c1-5-22(13-11-18-32-34(25,26)27)21-23(6-2)14-20-31-17-10-9-15-24(7-3,8-4)16-12-19-33-35(28,29)30/h22-23H,5-21H2,1-4H3,(H2,25,26,27)(H2,28,29,30). The molecule has 0 rings (SSSR count). The molecule has 2 unspecified atom stereocenters. The molecule has 4 N–H and O–H groups in total. The molecular formula is C24H52O9P2. The molecule has 0 bridgehead atoms. The molecule has 0 saturated carbocycles. The average Bonchev–Trinajstić information content (AvgIpc) is 2.79. The van der Waals surface area contributed by atoms with Gasteiger partial charge in [-0.05, 0) is 68.6 Å². The summed E-state index contributed by atoms with van der Waals surface area (Å²) in [4.78, 5) is 35.2. The Morgan fingerprint density at radius 3 is 1.69 bits per heavy atom. The number of hydrogen-bond acceptors (Lipinski definition) is 5. The van der Waals surface area contributed by atoms with Gasteiger partial charge in [-0.1, -0.05) is 59.8 Å². The molecule has 11 heteroatoms. The molecule has 35 heavy (non-hydrogen) atoms. The first kappa shape index (κ1) is 35.2. The summed E-state index contributed by atoms with van der Waals surface area (Å²) in [6.45, 7) is 10.4. The van der Waals surface area contributed by atoms with E-state index in [0.717, 1.165) is 83.8 Å². The molecule has 0 spiro atoms. The predicted molar refractivity (Wildman–Crippen MR) is 139 cm³/mol. The smallest absolute Gasteiger partial charge is 0.381 e. The fourth-order valence-corrected chi connectivity index (χ4v) is 5.51. The molecule has 0 radical (unpaired) electrons. The lowest BCUT2D eigenvalue weighted by atomic mass is 9.74. The monoisotopic (exact) mass is 546 g/mol. The largest absolute Gasteiger partial charge is 0.469 e. The zero-order chi connectivity index (χ0) is 26.8. The second-order valence-electron chi connectivity index (χ2n) is 9.74. The van der Waals surface area contributed by atoms with Crippen molar-refractivity contribution in [3.63, 3.8) is 0 Å². The van der Waals surface area contributed by atoms with Gasteiger partial charge in [0, 0.05) is 13.2 Å². The molecule has 0 aliphatic heterocycles. The van der Waals surface area contributed by atoms with E-state index in [-0.39, 0.29) is 18.6 Å². The molecule has 0 fully saturated rings. The Kier molecular flexibility index (Phi) is 19.4. The van der Waals surface area contributed by atoms with Gasteiger partial charge in [0.05, 0.1) is 13.2 Å². The summed E-state index contributed by atoms with van der Waals surface area (Å²) >= 11 is 0. The third-order valence-corrected chi connectivity index (χ3v) is 8.40. The molecular weight excluding hydrogens is 494 g/mol. The number of phosphoric acid groups is 2. The summed E-state index contributed by atoms with van der Waals surface area (Å²) in [5, 5.41) is 0. The number of rotatable bonds is 24. The predicted octanol–water partition coefficient (Wildman–Crippen LogP) is 6.59. The van der Waals surface area contributed by atoms with Gasteiger partial charge in [-0.2, -0.15) is 0 Å². The van der Waals surface area contributed by atoms with Crippen molar-refractivity contribution in [3.05, 3.63) is 0 Å². The van der Waals surface area contributed by atoms with E-state index < -0.39 is 15.6 Å². The highest BCUT2D eigenvalue weighted by molar-refractivity contribution is 7.46. The Balaban J connectivity index is 4.11. The van der Waals surface area contributed by atoms with Crippen LogP contribution in [0.2, 0.25) is 0 Å². The second-order valence-corrected chi connectivity index (χ2v) is 12.2. The van der Waals surface area contributed by atoms with Crippen LogP contribution in [-0.4, -0.2) is 46.0 Å². The highest BCUT2D eigenvalue weighted by Crippen LogP contribution is 2.40. The number of hydrogen-bond donors (Lipinski definition) is 4. The lowest BCUT2D eigenvalue weighted by molar-refractivity contribution is 0.104. The van der Waals surface area contributed by atoms with Gasteiger partial charge in [0.15, 0.2) is 0 Å². The molecule has 0 amide bonds. The lowest BCUT2D eigenvalue weighted by Gasteiger charge is -2.32. The Morgan fingerprint density at radius 2 is 1.17 bits per heavy atom. The van der Waals surface area contributed by atoms with Crippen LogP contribution in [-0.2, 0) is 22.9 Å². The van der Waals surface area contributed by atoms with E-state index in [1.807, 2.05) is 0 Å². The maximum absolute atomic E-state index is 10.8. The van der Waals surface area contributed by atoms with Gasteiger partial charge in [-0.3, -0.25) is 9.05 Å². The van der Waals surface area contributed by atoms with Crippen LogP contribution in [0.4, 0.5) is 0 Å². The van der Waals surface area contributed by atoms with Crippen LogP contribution in [0.3, 0.4) is 0 Å². The molecule has 0 aliphatic rings. The van der Waals surface area contributed by atoms with Crippen molar-refractivity contribution in [1.82, 2.24) is 0 Å². The normalized spacial score (nSPS) is 14.9. The third-order valence-electron chi connectivity index (χ3n) is 7.36. The molecule has 0 aliphatic carbocycles. The highest BCUT2D eigenvalue weighted by Gasteiger charge is 2.25. The van der Waals surface area contributed by atoms with Crippen LogP contribution in [0.1, 0.15) is 111 Å². The van der Waals surface area contributed by atoms with Crippen LogP contribution in [0.5, 0.6) is 0 Å². The molecule has 0 heterocycles. The van der Waals surface area contributed by atoms with Crippen LogP contribution in [0, 0.1) is 17.3 Å². The number of ether oxygens (including phenoxy) is 1. The first-order valence-electron chi connectivity index (χ1n) is 13.4. The molecule has 2 atom stereocenters. The number of unbranched alkanes of at least 4 members (excludes halogenated alkanes) is 1. The first-order valence-corrected chi connectivity index (χ1v) is 16.4. The van der Waals surface area contributed by atoms with Gasteiger partial charge < -0.3 is 24.3 Å². The highest BCUT2D eigenvalue weighted by atomic mass is 31.2. The Morgan fingerprint density at radius 1 is 0.657 bits per heavy atom. The molecule has 0 aromatic carbocycles. The van der Waals surface area contributed by atoms with Crippen LogP contribution in [0.25, 0.3) is 0 Å². The van der Waals surface area contributed by atoms with Gasteiger partial charge in [0.25, 0.3) is 0 Å². The van der Waals surface area contributed by atoms with Crippen LogP contribution < -0.4 is 0 Å². The van der Waals surface area contributed by atoms with Crippen molar-refractivity contribution >= 4 is 15.6 Å². The first-order chi connectivity index (χ1) is 16.4. The SMILES string of the molecule is CCC(CCCOP(=O)(O)O)CC(CC)CCOCCCCC(CC)(CC)CCCOP(=O)(O)O. The maximum Gasteiger partial charge on any atom is 0.469 e. The van der Waals surface area contributed by atoms with E-state index in [4.69, 9.17) is 24.3 Å². The number of phosphoric ester groups is 2. The molecule has 212 valence electrons. The molecule has 0 saturated heterocycles. The van der Waals surface area contributed by atoms with Crippen molar-refractivity contribution in [2.75, 3.05) is 26.4 Å². The molecule has 0 aromatic heterocycles. The second kappa shape index (κ2) is 19.3. The van der Waals surface area contributed by atoms with Crippen molar-refractivity contribution in [3.8, 4) is 0 Å². The van der Waals surface area contributed by atoms with E-state index in [9.17, 15) is 9.13 Å². The van der Waals surface area contributed by atoms with E-state index in [0.29, 0.717) is 24.7 Å².